The first kappa shape index (κ1) is 15.4. The molecule has 0 heterocycles. The van der Waals surface area contributed by atoms with Crippen LogP contribution in [0.5, 0.6) is 0 Å². The molecule has 9 heteroatoms. The Morgan fingerprint density at radius 2 is 1.84 bits per heavy atom. The molecule has 1 rings (SSSR count). The molecule has 0 saturated carbocycles. The van der Waals surface area contributed by atoms with Crippen LogP contribution in [0.25, 0.3) is 0 Å². The van der Waals surface area contributed by atoms with Gasteiger partial charge in [0.15, 0.2) is 6.10 Å². The fraction of sp³-hybridized carbons (Fsp3) is 0.300. The lowest BCUT2D eigenvalue weighted by molar-refractivity contribution is -0.200. The van der Waals surface area contributed by atoms with E-state index >= 15 is 0 Å². The molecule has 0 unspecified atom stereocenters. The molecule has 0 aromatic heterocycles. The number of alkyl halides is 3. The fourth-order valence-electron chi connectivity index (χ4n) is 1.10. The van der Waals surface area contributed by atoms with E-state index in [4.69, 9.17) is 10.4 Å². The third-order valence-electron chi connectivity index (χ3n) is 2.14. The van der Waals surface area contributed by atoms with Crippen molar-refractivity contribution in [1.29, 1.82) is 5.26 Å². The monoisotopic (exact) mass is 294 g/mol. The van der Waals surface area contributed by atoms with Gasteiger partial charge in [0.2, 0.25) is 10.0 Å². The average Bonchev–Trinajstić information content (AvgIpc) is 2.35. The zero-order valence-electron chi connectivity index (χ0n) is 9.35. The Hall–Kier alpha value is -1.63. The van der Waals surface area contributed by atoms with Crippen molar-refractivity contribution < 1.29 is 26.7 Å². The van der Waals surface area contributed by atoms with Crippen molar-refractivity contribution in [3.8, 4) is 6.07 Å². The molecule has 1 aromatic carbocycles. The topological polar surface area (TPSA) is 90.2 Å². The van der Waals surface area contributed by atoms with E-state index in [-0.39, 0.29) is 10.5 Å². The van der Waals surface area contributed by atoms with E-state index < -0.39 is 28.8 Å². The molecule has 0 aliphatic carbocycles. The predicted octanol–water partition coefficient (Wildman–Crippen LogP) is 0.760. The zero-order valence-corrected chi connectivity index (χ0v) is 10.2. The second-order valence-electron chi connectivity index (χ2n) is 3.55. The molecular weight excluding hydrogens is 285 g/mol. The van der Waals surface area contributed by atoms with Gasteiger partial charge in [-0.1, -0.05) is 0 Å². The highest BCUT2D eigenvalue weighted by Crippen LogP contribution is 2.20. The predicted molar refractivity (Wildman–Crippen MR) is 58.4 cm³/mol. The van der Waals surface area contributed by atoms with Crippen LogP contribution in [0.3, 0.4) is 0 Å². The standard InChI is InChI=1S/C10H9F3N2O3S/c11-10(12,13)9(16)6-15-19(17,18)8-3-1-7(5-14)2-4-8/h1-4,9,15-16H,6H2/t9-/m0/s1. The molecule has 0 fully saturated rings. The summed E-state index contributed by atoms with van der Waals surface area (Å²) in [5.41, 5.74) is 0.217. The van der Waals surface area contributed by atoms with Crippen molar-refractivity contribution in [2.45, 2.75) is 17.2 Å². The molecule has 104 valence electrons. The van der Waals surface area contributed by atoms with E-state index in [1.165, 1.54) is 12.1 Å². The number of hydrogen-bond acceptors (Lipinski definition) is 4. The van der Waals surface area contributed by atoms with Crippen LogP contribution in [0.1, 0.15) is 5.56 Å². The van der Waals surface area contributed by atoms with Crippen LogP contribution in [0, 0.1) is 11.3 Å². The molecule has 0 radical (unpaired) electrons. The second kappa shape index (κ2) is 5.56. The quantitative estimate of drug-likeness (QED) is 0.858. The van der Waals surface area contributed by atoms with E-state index in [1.54, 1.807) is 10.8 Å². The number of nitrogens with one attached hydrogen (secondary N) is 1. The summed E-state index contributed by atoms with van der Waals surface area (Å²) >= 11 is 0. The first-order chi connectivity index (χ1) is 8.66. The summed E-state index contributed by atoms with van der Waals surface area (Å²) in [6.45, 7) is -1.17. The maximum Gasteiger partial charge on any atom is 0.415 e. The SMILES string of the molecule is N#Cc1ccc(S(=O)(=O)NC[C@H](O)C(F)(F)F)cc1. The highest BCUT2D eigenvalue weighted by molar-refractivity contribution is 7.89. The minimum Gasteiger partial charge on any atom is -0.382 e. The molecule has 0 saturated heterocycles. The molecule has 1 atom stereocenters. The molecule has 0 spiro atoms. The van der Waals surface area contributed by atoms with Crippen molar-refractivity contribution in [2.75, 3.05) is 6.54 Å². The molecule has 2 N–H and O–H groups in total. The summed E-state index contributed by atoms with van der Waals surface area (Å²) in [6, 6.07) is 6.37. The number of rotatable bonds is 4. The van der Waals surface area contributed by atoms with Crippen LogP contribution < -0.4 is 4.72 Å². The third kappa shape index (κ3) is 4.20. The summed E-state index contributed by atoms with van der Waals surface area (Å²) in [4.78, 5) is -0.291. The van der Waals surface area contributed by atoms with Gasteiger partial charge in [-0.25, -0.2) is 13.1 Å². The van der Waals surface area contributed by atoms with Gasteiger partial charge in [0.25, 0.3) is 0 Å². The number of nitriles is 1. The van der Waals surface area contributed by atoms with Crippen LogP contribution in [-0.4, -0.2) is 32.3 Å². The molecule has 0 bridgehead atoms. The molecule has 19 heavy (non-hydrogen) atoms. The first-order valence-electron chi connectivity index (χ1n) is 4.91. The van der Waals surface area contributed by atoms with Crippen molar-refractivity contribution in [3.63, 3.8) is 0 Å². The number of aliphatic hydroxyl groups is 1. The summed E-state index contributed by atoms with van der Waals surface area (Å²) in [6.07, 6.45) is -7.67. The Labute approximate surface area is 107 Å². The van der Waals surface area contributed by atoms with Gasteiger partial charge < -0.3 is 5.11 Å². The highest BCUT2D eigenvalue weighted by Gasteiger charge is 2.38. The maximum absolute atomic E-state index is 12.0. The first-order valence-corrected chi connectivity index (χ1v) is 6.40. The smallest absolute Gasteiger partial charge is 0.382 e. The molecule has 1 aromatic rings. The lowest BCUT2D eigenvalue weighted by atomic mass is 10.2. The molecule has 5 nitrogen and oxygen atoms in total. The van der Waals surface area contributed by atoms with Gasteiger partial charge in [0.1, 0.15) is 0 Å². The number of halogens is 3. The summed E-state index contributed by atoms with van der Waals surface area (Å²) < 4.78 is 60.8. The van der Waals surface area contributed by atoms with Crippen LogP contribution in [-0.2, 0) is 10.0 Å². The Bertz CT molecular complexity index is 576. The largest absolute Gasteiger partial charge is 0.415 e. The van der Waals surface area contributed by atoms with Crippen LogP contribution in [0.2, 0.25) is 0 Å². The lowest BCUT2D eigenvalue weighted by Gasteiger charge is -2.15. The summed E-state index contributed by atoms with van der Waals surface area (Å²) in [7, 11) is -4.16. The molecule has 0 aliphatic rings. The van der Waals surface area contributed by atoms with E-state index in [9.17, 15) is 21.6 Å². The fourth-order valence-corrected chi connectivity index (χ4v) is 2.13. The van der Waals surface area contributed by atoms with Gasteiger partial charge in [-0.3, -0.25) is 0 Å². The Morgan fingerprint density at radius 1 is 1.32 bits per heavy atom. The Kier molecular flexibility index (Phi) is 4.52. The van der Waals surface area contributed by atoms with Crippen LogP contribution in [0.15, 0.2) is 29.2 Å². The molecule has 0 amide bonds. The number of benzene rings is 1. The van der Waals surface area contributed by atoms with Crippen molar-refractivity contribution in [2.24, 2.45) is 0 Å². The lowest BCUT2D eigenvalue weighted by Crippen LogP contribution is -2.40. The molecule has 0 aliphatic heterocycles. The summed E-state index contributed by atoms with van der Waals surface area (Å²) in [5.74, 6) is 0. The van der Waals surface area contributed by atoms with Crippen LogP contribution >= 0.6 is 0 Å². The number of sulfonamides is 1. The van der Waals surface area contributed by atoms with E-state index in [0.717, 1.165) is 12.1 Å². The highest BCUT2D eigenvalue weighted by atomic mass is 32.2. The number of nitrogens with zero attached hydrogens (tertiary/aromatic N) is 1. The zero-order chi connectivity index (χ0) is 14.7. The van der Waals surface area contributed by atoms with Gasteiger partial charge in [-0.2, -0.15) is 18.4 Å². The van der Waals surface area contributed by atoms with Crippen LogP contribution in [0.4, 0.5) is 13.2 Å². The van der Waals surface area contributed by atoms with E-state index in [0.29, 0.717) is 0 Å². The normalized spacial score (nSPS) is 13.8. The van der Waals surface area contributed by atoms with Crippen molar-refractivity contribution in [3.05, 3.63) is 29.8 Å². The summed E-state index contributed by atoms with van der Waals surface area (Å²) in [5, 5.41) is 17.2. The van der Waals surface area contributed by atoms with Gasteiger partial charge in [0, 0.05) is 6.54 Å². The Morgan fingerprint density at radius 3 is 2.26 bits per heavy atom. The van der Waals surface area contributed by atoms with Gasteiger partial charge in [-0.15, -0.1) is 0 Å². The maximum atomic E-state index is 12.0. The van der Waals surface area contributed by atoms with Gasteiger partial charge in [0.05, 0.1) is 16.5 Å². The second-order valence-corrected chi connectivity index (χ2v) is 5.31. The van der Waals surface area contributed by atoms with E-state index in [2.05, 4.69) is 0 Å². The van der Waals surface area contributed by atoms with Gasteiger partial charge >= 0.3 is 6.18 Å². The van der Waals surface area contributed by atoms with Crippen molar-refractivity contribution in [1.82, 2.24) is 4.72 Å². The minimum absolute atomic E-state index is 0.217. The minimum atomic E-state index is -4.90. The Balaban J connectivity index is 2.79. The average molecular weight is 294 g/mol. The molecular formula is C10H9F3N2O3S. The number of hydrogen-bond donors (Lipinski definition) is 2. The van der Waals surface area contributed by atoms with Crippen molar-refractivity contribution >= 4 is 10.0 Å². The number of aliphatic hydroxyl groups excluding tert-OH is 1. The van der Waals surface area contributed by atoms with E-state index in [1.807, 2.05) is 0 Å². The van der Waals surface area contributed by atoms with Gasteiger partial charge in [-0.05, 0) is 24.3 Å². The third-order valence-corrected chi connectivity index (χ3v) is 3.58.